The van der Waals surface area contributed by atoms with Gasteiger partial charge in [0.25, 0.3) is 0 Å². The Balaban J connectivity index is 2.69. The van der Waals surface area contributed by atoms with Crippen LogP contribution in [0.5, 0.6) is 0 Å². The molecule has 0 saturated heterocycles. The highest BCUT2D eigenvalue weighted by Crippen LogP contribution is 2.39. The highest BCUT2D eigenvalue weighted by molar-refractivity contribution is 5.10. The van der Waals surface area contributed by atoms with Crippen molar-refractivity contribution in [3.8, 4) is 18.4 Å². The van der Waals surface area contributed by atoms with E-state index in [0.717, 1.165) is 25.7 Å². The Hall–Kier alpha value is -0.990. The van der Waals surface area contributed by atoms with Gasteiger partial charge in [-0.3, -0.25) is 5.32 Å². The van der Waals surface area contributed by atoms with Gasteiger partial charge in [0.05, 0.1) is 12.6 Å². The van der Waals surface area contributed by atoms with Crippen LogP contribution in [0.1, 0.15) is 52.9 Å². The van der Waals surface area contributed by atoms with Crippen molar-refractivity contribution in [3.05, 3.63) is 0 Å². The lowest BCUT2D eigenvalue weighted by Crippen LogP contribution is -2.43. The van der Waals surface area contributed by atoms with E-state index < -0.39 is 0 Å². The molecule has 0 amide bonds. The second kappa shape index (κ2) is 5.56. The first-order chi connectivity index (χ1) is 7.93. The minimum Gasteiger partial charge on any atom is -0.288 e. The van der Waals surface area contributed by atoms with Gasteiger partial charge >= 0.3 is 0 Å². The molecule has 1 saturated carbocycles. The monoisotopic (exact) mass is 232 g/mol. The van der Waals surface area contributed by atoms with Crippen molar-refractivity contribution >= 4 is 0 Å². The molecule has 2 nitrogen and oxygen atoms in total. The molecule has 0 bridgehead atoms. The standard InChI is InChI=1S/C15H24N2/c1-5-11-17-15(12-16)9-6-7-13(8-10-15)14(2,3)4/h1,13,17H,6-11H2,2-4H3. The van der Waals surface area contributed by atoms with E-state index in [0.29, 0.717) is 17.9 Å². The smallest absolute Gasteiger partial charge is 0.107 e. The number of nitriles is 1. The summed E-state index contributed by atoms with van der Waals surface area (Å²) in [4.78, 5) is 0. The van der Waals surface area contributed by atoms with Crippen LogP contribution in [0.15, 0.2) is 0 Å². The van der Waals surface area contributed by atoms with Crippen molar-refractivity contribution < 1.29 is 0 Å². The first kappa shape index (κ1) is 14.1. The molecule has 0 aromatic carbocycles. The SMILES string of the molecule is C#CCNC1(C#N)CCCC(C(C)(C)C)CC1. The van der Waals surface area contributed by atoms with Gasteiger partial charge in [0, 0.05) is 0 Å². The van der Waals surface area contributed by atoms with Crippen LogP contribution in [0.3, 0.4) is 0 Å². The van der Waals surface area contributed by atoms with Crippen LogP contribution in [0.2, 0.25) is 0 Å². The maximum absolute atomic E-state index is 9.40. The predicted octanol–water partition coefficient (Wildman–Crippen LogP) is 3.10. The molecular weight excluding hydrogens is 208 g/mol. The summed E-state index contributed by atoms with van der Waals surface area (Å²) in [5.74, 6) is 3.29. The van der Waals surface area contributed by atoms with E-state index in [4.69, 9.17) is 6.42 Å². The van der Waals surface area contributed by atoms with E-state index in [9.17, 15) is 5.26 Å². The van der Waals surface area contributed by atoms with Crippen molar-refractivity contribution in [2.24, 2.45) is 11.3 Å². The topological polar surface area (TPSA) is 35.8 Å². The third-order valence-corrected chi connectivity index (χ3v) is 4.04. The number of rotatable bonds is 2. The molecule has 2 atom stereocenters. The van der Waals surface area contributed by atoms with Gasteiger partial charge in [0.2, 0.25) is 0 Å². The Kier molecular flexibility index (Phi) is 4.61. The molecule has 0 aromatic heterocycles. The zero-order valence-corrected chi connectivity index (χ0v) is 11.3. The number of nitrogens with zero attached hydrogens (tertiary/aromatic N) is 1. The van der Waals surface area contributed by atoms with E-state index in [1.165, 1.54) is 6.42 Å². The Labute approximate surface area is 106 Å². The molecule has 0 aromatic rings. The van der Waals surface area contributed by atoms with Gasteiger partial charge in [-0.15, -0.1) is 6.42 Å². The highest BCUT2D eigenvalue weighted by atomic mass is 15.0. The first-order valence-electron chi connectivity index (χ1n) is 6.53. The summed E-state index contributed by atoms with van der Waals surface area (Å²) in [5, 5.41) is 12.7. The molecule has 1 aliphatic carbocycles. The Morgan fingerprint density at radius 2 is 2.06 bits per heavy atom. The fourth-order valence-corrected chi connectivity index (χ4v) is 2.75. The van der Waals surface area contributed by atoms with Crippen molar-refractivity contribution in [3.63, 3.8) is 0 Å². The Morgan fingerprint density at radius 3 is 2.59 bits per heavy atom. The third kappa shape index (κ3) is 3.76. The van der Waals surface area contributed by atoms with Gasteiger partial charge in [-0.2, -0.15) is 5.26 Å². The second-order valence-electron chi connectivity index (χ2n) is 6.25. The molecule has 1 fully saturated rings. The quantitative estimate of drug-likeness (QED) is 0.586. The molecule has 0 spiro atoms. The van der Waals surface area contributed by atoms with Crippen molar-refractivity contribution in [1.29, 1.82) is 5.26 Å². The molecule has 2 heteroatoms. The fraction of sp³-hybridized carbons (Fsp3) is 0.800. The van der Waals surface area contributed by atoms with Gasteiger partial charge < -0.3 is 0 Å². The van der Waals surface area contributed by atoms with Gasteiger partial charge in [-0.05, 0) is 37.0 Å². The molecule has 0 aliphatic heterocycles. The van der Waals surface area contributed by atoms with Crippen LogP contribution in [0, 0.1) is 35.0 Å². The molecule has 1 N–H and O–H groups in total. The number of nitrogens with one attached hydrogen (secondary N) is 1. The minimum atomic E-state index is -0.383. The number of hydrogen-bond donors (Lipinski definition) is 1. The maximum atomic E-state index is 9.40. The van der Waals surface area contributed by atoms with Crippen LogP contribution in [0.25, 0.3) is 0 Å². The van der Waals surface area contributed by atoms with E-state index in [1.807, 2.05) is 0 Å². The van der Waals surface area contributed by atoms with Crippen LogP contribution in [0.4, 0.5) is 0 Å². The van der Waals surface area contributed by atoms with E-state index in [1.54, 1.807) is 0 Å². The molecule has 1 rings (SSSR count). The van der Waals surface area contributed by atoms with E-state index >= 15 is 0 Å². The Bertz CT molecular complexity index is 326. The van der Waals surface area contributed by atoms with Crippen molar-refractivity contribution in [1.82, 2.24) is 5.32 Å². The number of hydrogen-bond acceptors (Lipinski definition) is 2. The molecule has 0 radical (unpaired) electrons. The molecule has 94 valence electrons. The normalized spacial score (nSPS) is 30.1. The Morgan fingerprint density at radius 1 is 1.35 bits per heavy atom. The van der Waals surface area contributed by atoms with Gasteiger partial charge in [-0.1, -0.05) is 33.1 Å². The van der Waals surface area contributed by atoms with E-state index in [-0.39, 0.29) is 5.54 Å². The van der Waals surface area contributed by atoms with Crippen molar-refractivity contribution in [2.45, 2.75) is 58.4 Å². The summed E-state index contributed by atoms with van der Waals surface area (Å²) >= 11 is 0. The third-order valence-electron chi connectivity index (χ3n) is 4.04. The summed E-state index contributed by atoms with van der Waals surface area (Å²) in [6.45, 7) is 7.39. The summed E-state index contributed by atoms with van der Waals surface area (Å²) in [6.07, 6.45) is 10.6. The van der Waals surface area contributed by atoms with Crippen molar-refractivity contribution in [2.75, 3.05) is 6.54 Å². The minimum absolute atomic E-state index is 0.345. The lowest BCUT2D eigenvalue weighted by molar-refractivity contribution is 0.211. The maximum Gasteiger partial charge on any atom is 0.107 e. The second-order valence-corrected chi connectivity index (χ2v) is 6.25. The van der Waals surface area contributed by atoms with Gasteiger partial charge in [0.15, 0.2) is 0 Å². The lowest BCUT2D eigenvalue weighted by atomic mass is 9.76. The zero-order chi connectivity index (χ0) is 12.9. The summed E-state index contributed by atoms with van der Waals surface area (Å²) in [6, 6.07) is 2.46. The predicted molar refractivity (Wildman–Crippen MR) is 71.2 cm³/mol. The molecule has 0 heterocycles. The highest BCUT2D eigenvalue weighted by Gasteiger charge is 2.35. The van der Waals surface area contributed by atoms with E-state index in [2.05, 4.69) is 38.1 Å². The average Bonchev–Trinajstić information content (AvgIpc) is 2.49. The molecule has 2 unspecified atom stereocenters. The van der Waals surface area contributed by atoms with Crippen LogP contribution in [-0.4, -0.2) is 12.1 Å². The fourth-order valence-electron chi connectivity index (χ4n) is 2.75. The average molecular weight is 232 g/mol. The van der Waals surface area contributed by atoms with Gasteiger partial charge in [-0.25, -0.2) is 0 Å². The molecular formula is C15H24N2. The van der Waals surface area contributed by atoms with Crippen LogP contribution < -0.4 is 5.32 Å². The summed E-state index contributed by atoms with van der Waals surface area (Å²) < 4.78 is 0. The first-order valence-corrected chi connectivity index (χ1v) is 6.53. The molecule has 1 aliphatic rings. The largest absolute Gasteiger partial charge is 0.288 e. The lowest BCUT2D eigenvalue weighted by Gasteiger charge is -2.30. The van der Waals surface area contributed by atoms with Crippen LogP contribution >= 0.6 is 0 Å². The summed E-state index contributed by atoms with van der Waals surface area (Å²) in [7, 11) is 0. The van der Waals surface area contributed by atoms with Crippen LogP contribution in [-0.2, 0) is 0 Å². The van der Waals surface area contributed by atoms with Gasteiger partial charge in [0.1, 0.15) is 5.54 Å². The summed E-state index contributed by atoms with van der Waals surface area (Å²) in [5.41, 5.74) is -0.0377. The number of terminal acetylenes is 1. The zero-order valence-electron chi connectivity index (χ0n) is 11.3. The molecule has 17 heavy (non-hydrogen) atoms.